The number of benzene rings is 3. The lowest BCUT2D eigenvalue weighted by atomic mass is 9.95. The van der Waals surface area contributed by atoms with Crippen molar-refractivity contribution in [3.05, 3.63) is 84.7 Å². The predicted molar refractivity (Wildman–Crippen MR) is 104 cm³/mol. The molecule has 0 unspecified atom stereocenters. The van der Waals surface area contributed by atoms with Crippen LogP contribution in [0.5, 0.6) is 0 Å². The highest BCUT2D eigenvalue weighted by Crippen LogP contribution is 2.32. The molecule has 5 aromatic rings. The molecule has 0 saturated heterocycles. The lowest BCUT2D eigenvalue weighted by Gasteiger charge is -2.15. The molecule has 6 heteroatoms. The van der Waals surface area contributed by atoms with Gasteiger partial charge in [-0.25, -0.2) is 4.98 Å². The molecule has 0 atom stereocenters. The zero-order valence-electron chi connectivity index (χ0n) is 14.4. The maximum Gasteiger partial charge on any atom is 0.205 e. The SMILES string of the molecule is c1ccc(-c2cccc(-c3nn[nH]n3)c2Cn2cnc3ccccc32)cc1. The van der Waals surface area contributed by atoms with Crippen LogP contribution in [-0.2, 0) is 6.54 Å². The molecule has 5 rings (SSSR count). The molecule has 0 bridgehead atoms. The first-order valence-corrected chi connectivity index (χ1v) is 8.71. The molecule has 6 nitrogen and oxygen atoms in total. The monoisotopic (exact) mass is 352 g/mol. The van der Waals surface area contributed by atoms with Gasteiger partial charge in [-0.1, -0.05) is 60.7 Å². The normalized spacial score (nSPS) is 11.1. The number of H-pyrrole nitrogens is 1. The fraction of sp³-hybridized carbons (Fsp3) is 0.0476. The summed E-state index contributed by atoms with van der Waals surface area (Å²) in [5.74, 6) is 0.590. The van der Waals surface area contributed by atoms with Crippen molar-refractivity contribution in [2.24, 2.45) is 0 Å². The number of para-hydroxylation sites is 2. The maximum atomic E-state index is 4.52. The number of fused-ring (bicyclic) bond motifs is 1. The van der Waals surface area contributed by atoms with Crippen molar-refractivity contribution in [1.82, 2.24) is 30.2 Å². The number of rotatable bonds is 4. The third kappa shape index (κ3) is 2.77. The molecule has 0 amide bonds. The minimum absolute atomic E-state index is 0.590. The van der Waals surface area contributed by atoms with Gasteiger partial charge < -0.3 is 4.57 Å². The Morgan fingerprint density at radius 1 is 0.815 bits per heavy atom. The summed E-state index contributed by atoms with van der Waals surface area (Å²) in [6.07, 6.45) is 1.88. The smallest absolute Gasteiger partial charge is 0.205 e. The number of aromatic amines is 1. The second-order valence-electron chi connectivity index (χ2n) is 6.29. The summed E-state index contributed by atoms with van der Waals surface area (Å²) >= 11 is 0. The van der Waals surface area contributed by atoms with Crippen LogP contribution in [0.1, 0.15) is 5.56 Å². The Morgan fingerprint density at radius 3 is 2.48 bits per heavy atom. The van der Waals surface area contributed by atoms with Crippen molar-refractivity contribution in [2.45, 2.75) is 6.54 Å². The number of tetrazole rings is 1. The lowest BCUT2D eigenvalue weighted by Crippen LogP contribution is -2.03. The minimum atomic E-state index is 0.590. The van der Waals surface area contributed by atoms with E-state index < -0.39 is 0 Å². The van der Waals surface area contributed by atoms with Crippen LogP contribution >= 0.6 is 0 Å². The highest BCUT2D eigenvalue weighted by molar-refractivity contribution is 5.78. The van der Waals surface area contributed by atoms with Crippen LogP contribution in [-0.4, -0.2) is 30.2 Å². The molecule has 0 aliphatic carbocycles. The number of aromatic nitrogens is 6. The summed E-state index contributed by atoms with van der Waals surface area (Å²) in [6.45, 7) is 0.662. The van der Waals surface area contributed by atoms with Crippen LogP contribution in [0.4, 0.5) is 0 Å². The molecule has 0 saturated carbocycles. The number of imidazole rings is 1. The molecule has 3 aromatic carbocycles. The van der Waals surface area contributed by atoms with Gasteiger partial charge in [0.25, 0.3) is 0 Å². The number of nitrogens with one attached hydrogen (secondary N) is 1. The standard InChI is InChI=1S/C21H16N6/c1-2-7-15(8-3-1)16-9-6-10-17(21-23-25-26-24-21)18(16)13-27-14-22-19-11-4-5-12-20(19)27/h1-12,14H,13H2,(H,23,24,25,26). The second-order valence-corrected chi connectivity index (χ2v) is 6.29. The van der Waals surface area contributed by atoms with E-state index >= 15 is 0 Å². The topological polar surface area (TPSA) is 72.3 Å². The van der Waals surface area contributed by atoms with Crippen LogP contribution in [0, 0.1) is 0 Å². The summed E-state index contributed by atoms with van der Waals surface area (Å²) in [4.78, 5) is 4.52. The van der Waals surface area contributed by atoms with Gasteiger partial charge in [0, 0.05) is 5.56 Å². The predicted octanol–water partition coefficient (Wildman–Crippen LogP) is 3.93. The molecule has 2 heterocycles. The molecule has 0 aliphatic rings. The molecule has 0 fully saturated rings. The third-order valence-electron chi connectivity index (χ3n) is 4.70. The van der Waals surface area contributed by atoms with Crippen LogP contribution in [0.25, 0.3) is 33.5 Å². The number of nitrogens with zero attached hydrogens (tertiary/aromatic N) is 5. The fourth-order valence-electron chi connectivity index (χ4n) is 3.44. The second kappa shape index (κ2) is 6.49. The van der Waals surface area contributed by atoms with Gasteiger partial charge in [0.05, 0.1) is 23.9 Å². The van der Waals surface area contributed by atoms with Crippen molar-refractivity contribution < 1.29 is 0 Å². The Kier molecular flexibility index (Phi) is 3.72. The number of hydrogen-bond donors (Lipinski definition) is 1. The van der Waals surface area contributed by atoms with E-state index in [4.69, 9.17) is 0 Å². The number of hydrogen-bond acceptors (Lipinski definition) is 4. The zero-order valence-corrected chi connectivity index (χ0v) is 14.4. The molecule has 0 spiro atoms. The average molecular weight is 352 g/mol. The van der Waals surface area contributed by atoms with Gasteiger partial charge in [-0.2, -0.15) is 5.21 Å². The Bertz CT molecular complexity index is 1190. The van der Waals surface area contributed by atoms with Gasteiger partial charge in [0.1, 0.15) is 0 Å². The van der Waals surface area contributed by atoms with E-state index in [0.717, 1.165) is 33.3 Å². The Morgan fingerprint density at radius 2 is 1.63 bits per heavy atom. The van der Waals surface area contributed by atoms with E-state index in [1.165, 1.54) is 0 Å². The van der Waals surface area contributed by atoms with E-state index in [2.05, 4.69) is 54.4 Å². The molecular weight excluding hydrogens is 336 g/mol. The van der Waals surface area contributed by atoms with Crippen LogP contribution in [0.3, 0.4) is 0 Å². The molecular formula is C21H16N6. The lowest BCUT2D eigenvalue weighted by molar-refractivity contribution is 0.826. The minimum Gasteiger partial charge on any atom is -0.326 e. The first kappa shape index (κ1) is 15.5. The largest absolute Gasteiger partial charge is 0.326 e. The van der Waals surface area contributed by atoms with E-state index in [0.29, 0.717) is 12.4 Å². The molecule has 27 heavy (non-hydrogen) atoms. The van der Waals surface area contributed by atoms with E-state index in [1.54, 1.807) is 0 Å². The fourth-order valence-corrected chi connectivity index (χ4v) is 3.44. The summed E-state index contributed by atoms with van der Waals surface area (Å²) in [6, 6.07) is 24.7. The summed E-state index contributed by atoms with van der Waals surface area (Å²) in [5.41, 5.74) is 6.48. The van der Waals surface area contributed by atoms with Gasteiger partial charge in [-0.05, 0) is 34.0 Å². The highest BCUT2D eigenvalue weighted by atomic mass is 15.5. The molecule has 0 radical (unpaired) electrons. The van der Waals surface area contributed by atoms with Crippen LogP contribution in [0.15, 0.2) is 79.1 Å². The van der Waals surface area contributed by atoms with Gasteiger partial charge in [-0.3, -0.25) is 0 Å². The van der Waals surface area contributed by atoms with E-state index in [9.17, 15) is 0 Å². The van der Waals surface area contributed by atoms with Crippen LogP contribution < -0.4 is 0 Å². The average Bonchev–Trinajstić information content (AvgIpc) is 3.40. The van der Waals surface area contributed by atoms with Crippen LogP contribution in [0.2, 0.25) is 0 Å². The molecule has 2 aromatic heterocycles. The third-order valence-corrected chi connectivity index (χ3v) is 4.70. The summed E-state index contributed by atoms with van der Waals surface area (Å²) in [5, 5.41) is 14.7. The highest BCUT2D eigenvalue weighted by Gasteiger charge is 2.16. The summed E-state index contributed by atoms with van der Waals surface area (Å²) in [7, 11) is 0. The van der Waals surface area contributed by atoms with Gasteiger partial charge in [0.15, 0.2) is 0 Å². The van der Waals surface area contributed by atoms with Gasteiger partial charge in [-0.15, -0.1) is 10.2 Å². The van der Waals surface area contributed by atoms with E-state index in [1.807, 2.05) is 54.9 Å². The molecule has 0 aliphatic heterocycles. The van der Waals surface area contributed by atoms with Crippen molar-refractivity contribution in [3.63, 3.8) is 0 Å². The van der Waals surface area contributed by atoms with Gasteiger partial charge in [0.2, 0.25) is 5.82 Å². The van der Waals surface area contributed by atoms with Crippen molar-refractivity contribution >= 4 is 11.0 Å². The maximum absolute atomic E-state index is 4.52. The Labute approximate surface area is 155 Å². The molecule has 130 valence electrons. The Hall–Kier alpha value is -3.80. The van der Waals surface area contributed by atoms with Gasteiger partial charge >= 0.3 is 0 Å². The quantitative estimate of drug-likeness (QED) is 0.532. The zero-order chi connectivity index (χ0) is 18.1. The van der Waals surface area contributed by atoms with E-state index in [-0.39, 0.29) is 0 Å². The first-order valence-electron chi connectivity index (χ1n) is 8.71. The first-order chi connectivity index (χ1) is 13.4. The van der Waals surface area contributed by atoms with Crippen molar-refractivity contribution in [2.75, 3.05) is 0 Å². The van der Waals surface area contributed by atoms with Crippen molar-refractivity contribution in [1.29, 1.82) is 0 Å². The summed E-state index contributed by atoms with van der Waals surface area (Å²) < 4.78 is 2.15. The Balaban J connectivity index is 1.71. The molecule has 1 N–H and O–H groups in total. The van der Waals surface area contributed by atoms with Crippen molar-refractivity contribution in [3.8, 4) is 22.5 Å².